The third-order valence-corrected chi connectivity index (χ3v) is 8.47. The van der Waals surface area contributed by atoms with Gasteiger partial charge in [0.2, 0.25) is 0 Å². The SMILES string of the molecule is CN(C)C(=O)c1ccc(N2CCC(CC3CCN(C(=O)[C@](O)(c4cccc(OC(F)(F)F)c4)C(F)(F)F)CC3)CC2)nc1Cl. The minimum atomic E-state index is -5.49. The lowest BCUT2D eigenvalue weighted by atomic mass is 9.82. The molecule has 2 fully saturated rings. The van der Waals surface area contributed by atoms with Gasteiger partial charge in [-0.2, -0.15) is 13.2 Å². The van der Waals surface area contributed by atoms with E-state index in [2.05, 4.69) is 14.6 Å². The standard InChI is InChI=1S/C29H33ClF6N4O4/c1-38(2)25(41)22-6-7-23(37-24(22)30)39-12-8-18(9-13-39)16-19-10-14-40(15-11-19)26(42)27(43,28(31,32)33)20-4-3-5-21(17-20)44-29(34,35)36/h3-7,17-19,43H,8-16H2,1-2H3/t27-/m1/s1. The zero-order chi connectivity index (χ0) is 32.4. The van der Waals surface area contributed by atoms with Crippen molar-refractivity contribution in [2.24, 2.45) is 11.8 Å². The van der Waals surface area contributed by atoms with E-state index in [0.29, 0.717) is 49.3 Å². The molecule has 1 atom stereocenters. The van der Waals surface area contributed by atoms with E-state index in [0.717, 1.165) is 42.4 Å². The minimum absolute atomic E-state index is 0.0279. The van der Waals surface area contributed by atoms with E-state index in [1.54, 1.807) is 26.2 Å². The first kappa shape index (κ1) is 33.6. The van der Waals surface area contributed by atoms with Gasteiger partial charge in [-0.25, -0.2) is 4.98 Å². The number of anilines is 1. The maximum Gasteiger partial charge on any atom is 0.573 e. The second-order valence-corrected chi connectivity index (χ2v) is 11.8. The summed E-state index contributed by atoms with van der Waals surface area (Å²) in [5, 5.41) is 10.8. The molecule has 242 valence electrons. The van der Waals surface area contributed by atoms with Crippen molar-refractivity contribution in [1.82, 2.24) is 14.8 Å². The molecule has 0 bridgehead atoms. The largest absolute Gasteiger partial charge is 0.573 e. The summed E-state index contributed by atoms with van der Waals surface area (Å²) in [5.74, 6) is -1.68. The van der Waals surface area contributed by atoms with Gasteiger partial charge in [-0.1, -0.05) is 23.7 Å². The van der Waals surface area contributed by atoms with Crippen LogP contribution in [0, 0.1) is 11.8 Å². The van der Waals surface area contributed by atoms with Gasteiger partial charge in [0, 0.05) is 45.8 Å². The summed E-state index contributed by atoms with van der Waals surface area (Å²) in [4.78, 5) is 34.1. The first-order valence-electron chi connectivity index (χ1n) is 14.1. The van der Waals surface area contributed by atoms with Crippen LogP contribution in [0.25, 0.3) is 0 Å². The molecule has 2 saturated heterocycles. The van der Waals surface area contributed by atoms with Crippen LogP contribution in [0.1, 0.15) is 48.0 Å². The molecule has 0 aliphatic carbocycles. The number of ether oxygens (including phenoxy) is 1. The second kappa shape index (κ2) is 13.0. The van der Waals surface area contributed by atoms with Gasteiger partial charge in [0.1, 0.15) is 16.7 Å². The summed E-state index contributed by atoms with van der Waals surface area (Å²) in [5.41, 5.74) is -4.77. The summed E-state index contributed by atoms with van der Waals surface area (Å²) in [6.45, 7) is 1.36. The highest BCUT2D eigenvalue weighted by molar-refractivity contribution is 6.32. The van der Waals surface area contributed by atoms with Crippen LogP contribution < -0.4 is 9.64 Å². The number of hydrogen-bond donors (Lipinski definition) is 1. The van der Waals surface area contributed by atoms with Gasteiger partial charge in [-0.15, -0.1) is 13.2 Å². The Bertz CT molecular complexity index is 1340. The third-order valence-electron chi connectivity index (χ3n) is 8.18. The summed E-state index contributed by atoms with van der Waals surface area (Å²) >= 11 is 6.26. The predicted molar refractivity (Wildman–Crippen MR) is 149 cm³/mol. The second-order valence-electron chi connectivity index (χ2n) is 11.4. The van der Waals surface area contributed by atoms with E-state index < -0.39 is 35.4 Å². The van der Waals surface area contributed by atoms with Crippen LogP contribution >= 0.6 is 11.6 Å². The van der Waals surface area contributed by atoms with Crippen LogP contribution in [0.3, 0.4) is 0 Å². The normalized spacial score (nSPS) is 18.6. The molecule has 2 aromatic rings. The molecule has 8 nitrogen and oxygen atoms in total. The Labute approximate surface area is 255 Å². The summed E-state index contributed by atoms with van der Waals surface area (Å²) in [6, 6.07) is 6.17. The molecule has 0 unspecified atom stereocenters. The Morgan fingerprint density at radius 2 is 1.57 bits per heavy atom. The molecule has 3 heterocycles. The van der Waals surface area contributed by atoms with E-state index in [4.69, 9.17) is 11.6 Å². The highest BCUT2D eigenvalue weighted by Gasteiger charge is 2.62. The average Bonchev–Trinajstić information content (AvgIpc) is 2.95. The number of rotatable bonds is 7. The minimum Gasteiger partial charge on any atom is -0.406 e. The lowest BCUT2D eigenvalue weighted by Gasteiger charge is -2.40. The predicted octanol–water partition coefficient (Wildman–Crippen LogP) is 5.63. The smallest absolute Gasteiger partial charge is 0.406 e. The summed E-state index contributed by atoms with van der Waals surface area (Å²) in [7, 11) is 3.25. The number of carbonyl (C=O) groups excluding carboxylic acids is 2. The molecule has 2 amide bonds. The summed E-state index contributed by atoms with van der Waals surface area (Å²) in [6.07, 6.45) is -7.29. The fourth-order valence-electron chi connectivity index (χ4n) is 5.80. The highest BCUT2D eigenvalue weighted by atomic mass is 35.5. The molecule has 4 rings (SSSR count). The van der Waals surface area contributed by atoms with Crippen molar-refractivity contribution in [3.05, 3.63) is 52.7 Å². The highest BCUT2D eigenvalue weighted by Crippen LogP contribution is 2.43. The quantitative estimate of drug-likeness (QED) is 0.309. The number of hydrogen-bond acceptors (Lipinski definition) is 6. The van der Waals surface area contributed by atoms with Gasteiger partial charge in [-0.3, -0.25) is 9.59 Å². The van der Waals surface area contributed by atoms with Crippen LogP contribution in [-0.2, 0) is 10.4 Å². The monoisotopic (exact) mass is 650 g/mol. The van der Waals surface area contributed by atoms with Crippen molar-refractivity contribution in [2.45, 2.75) is 50.2 Å². The average molecular weight is 651 g/mol. The Hall–Kier alpha value is -3.26. The van der Waals surface area contributed by atoms with Crippen molar-refractivity contribution in [1.29, 1.82) is 0 Å². The molecule has 44 heavy (non-hydrogen) atoms. The molecule has 0 saturated carbocycles. The molecule has 2 aliphatic rings. The number of nitrogens with zero attached hydrogens (tertiary/aromatic N) is 4. The molecular weight excluding hydrogens is 618 g/mol. The number of carbonyl (C=O) groups is 2. The molecule has 0 radical (unpaired) electrons. The maximum atomic E-state index is 14.1. The van der Waals surface area contributed by atoms with Crippen LogP contribution in [-0.4, -0.2) is 84.5 Å². The van der Waals surface area contributed by atoms with Gasteiger partial charge in [0.05, 0.1) is 5.56 Å². The van der Waals surface area contributed by atoms with Crippen LogP contribution in [0.2, 0.25) is 5.15 Å². The van der Waals surface area contributed by atoms with E-state index in [-0.39, 0.29) is 30.1 Å². The molecule has 15 heteroatoms. The zero-order valence-electron chi connectivity index (χ0n) is 24.1. The van der Waals surface area contributed by atoms with E-state index in [1.807, 2.05) is 0 Å². The van der Waals surface area contributed by atoms with Crippen LogP contribution in [0.5, 0.6) is 5.75 Å². The van der Waals surface area contributed by atoms with Crippen LogP contribution in [0.4, 0.5) is 32.2 Å². The number of pyridine rings is 1. The molecule has 1 N–H and O–H groups in total. The van der Waals surface area contributed by atoms with Crippen LogP contribution in [0.15, 0.2) is 36.4 Å². The number of likely N-dealkylation sites (tertiary alicyclic amines) is 1. The van der Waals surface area contributed by atoms with Crippen molar-refractivity contribution in [3.63, 3.8) is 0 Å². The lowest BCUT2D eigenvalue weighted by molar-refractivity contribution is -0.274. The Balaban J connectivity index is 1.33. The number of halogens is 7. The molecule has 1 aromatic carbocycles. The van der Waals surface area contributed by atoms with Gasteiger partial charge in [0.25, 0.3) is 17.4 Å². The number of aromatic nitrogens is 1. The van der Waals surface area contributed by atoms with Crippen molar-refractivity contribution in [2.75, 3.05) is 45.2 Å². The number of piperidine rings is 2. The van der Waals surface area contributed by atoms with E-state index in [9.17, 15) is 41.0 Å². The zero-order valence-corrected chi connectivity index (χ0v) is 24.8. The number of alkyl halides is 6. The number of aliphatic hydroxyl groups is 1. The van der Waals surface area contributed by atoms with Crippen molar-refractivity contribution < 1.29 is 45.8 Å². The van der Waals surface area contributed by atoms with Crippen molar-refractivity contribution >= 4 is 29.2 Å². The third kappa shape index (κ3) is 7.51. The van der Waals surface area contributed by atoms with Gasteiger partial charge >= 0.3 is 12.5 Å². The van der Waals surface area contributed by atoms with Gasteiger partial charge in [-0.05, 0) is 68.2 Å². The van der Waals surface area contributed by atoms with E-state index in [1.165, 1.54) is 4.90 Å². The van der Waals surface area contributed by atoms with Gasteiger partial charge < -0.3 is 24.5 Å². The van der Waals surface area contributed by atoms with Crippen molar-refractivity contribution in [3.8, 4) is 5.75 Å². The van der Waals surface area contributed by atoms with Gasteiger partial charge in [0.15, 0.2) is 0 Å². The Morgan fingerprint density at radius 1 is 0.977 bits per heavy atom. The fourth-order valence-corrected chi connectivity index (χ4v) is 6.03. The lowest BCUT2D eigenvalue weighted by Crippen LogP contribution is -2.57. The molecule has 1 aromatic heterocycles. The first-order valence-corrected chi connectivity index (χ1v) is 14.4. The topological polar surface area (TPSA) is 86.2 Å². The molecular formula is C29H33ClF6N4O4. The number of benzene rings is 1. The van der Waals surface area contributed by atoms with E-state index >= 15 is 0 Å². The first-order chi connectivity index (χ1) is 20.5. The Morgan fingerprint density at radius 3 is 2.09 bits per heavy atom. The number of amides is 2. The fraction of sp³-hybridized carbons (Fsp3) is 0.552. The summed E-state index contributed by atoms with van der Waals surface area (Å²) < 4.78 is 83.9. The molecule has 2 aliphatic heterocycles. The molecule has 0 spiro atoms. The Kier molecular flexibility index (Phi) is 9.93. The maximum absolute atomic E-state index is 14.1.